The van der Waals surface area contributed by atoms with Gasteiger partial charge in [-0.15, -0.1) is 0 Å². The monoisotopic (exact) mass is 818 g/mol. The van der Waals surface area contributed by atoms with E-state index in [0.717, 1.165) is 11.4 Å². The number of para-hydroxylation sites is 2. The van der Waals surface area contributed by atoms with Crippen LogP contribution < -0.4 is 20.7 Å². The van der Waals surface area contributed by atoms with Crippen molar-refractivity contribution < 1.29 is 0 Å². The Morgan fingerprint density at radius 3 is 1.33 bits per heavy atom. The third-order valence-corrected chi connectivity index (χ3v) is 17.9. The molecule has 0 spiro atoms. The molecule has 0 amide bonds. The molecule has 10 aromatic carbocycles. The van der Waals surface area contributed by atoms with Gasteiger partial charge in [0.25, 0.3) is 0 Å². The number of benzene rings is 10. The Bertz CT molecular complexity index is 3480. The van der Waals surface area contributed by atoms with Crippen molar-refractivity contribution in [3.63, 3.8) is 0 Å². The zero-order valence-corrected chi connectivity index (χ0v) is 35.6. The van der Waals surface area contributed by atoms with Crippen LogP contribution in [0, 0.1) is 0 Å². The summed E-state index contributed by atoms with van der Waals surface area (Å²) in [5.74, 6) is 0. The molecule has 12 aromatic rings. The molecule has 296 valence electrons. The van der Waals surface area contributed by atoms with E-state index in [2.05, 4.69) is 264 Å². The highest BCUT2D eigenvalue weighted by Gasteiger charge is 2.45. The molecule has 0 bridgehead atoms. The van der Waals surface area contributed by atoms with Crippen molar-refractivity contribution in [2.75, 3.05) is 0 Å². The van der Waals surface area contributed by atoms with Crippen molar-refractivity contribution in [3.8, 4) is 33.6 Å². The Morgan fingerprint density at radius 2 is 0.746 bits per heavy atom. The van der Waals surface area contributed by atoms with Crippen LogP contribution >= 0.6 is 0 Å². The summed E-state index contributed by atoms with van der Waals surface area (Å²) in [5.41, 5.74) is 12.0. The summed E-state index contributed by atoms with van der Waals surface area (Å²) in [7, 11) is -3.15. The fourth-order valence-corrected chi connectivity index (χ4v) is 15.6. The van der Waals surface area contributed by atoms with E-state index in [4.69, 9.17) is 0 Å². The van der Waals surface area contributed by atoms with Gasteiger partial charge in [-0.3, -0.25) is 0 Å². The second-order valence-corrected chi connectivity index (χ2v) is 20.1. The van der Waals surface area contributed by atoms with E-state index < -0.39 is 8.07 Å². The molecule has 2 heterocycles. The summed E-state index contributed by atoms with van der Waals surface area (Å²) >= 11 is 0. The Morgan fingerprint density at radius 1 is 0.286 bits per heavy atom. The van der Waals surface area contributed by atoms with E-state index in [1.165, 1.54) is 86.6 Å². The zero-order valence-electron chi connectivity index (χ0n) is 34.6. The predicted octanol–water partition coefficient (Wildman–Crippen LogP) is 12.6. The Labute approximate surface area is 368 Å². The van der Waals surface area contributed by atoms with Crippen LogP contribution in [-0.4, -0.2) is 17.2 Å². The zero-order chi connectivity index (χ0) is 41.7. The van der Waals surface area contributed by atoms with Gasteiger partial charge in [0.1, 0.15) is 0 Å². The molecule has 0 saturated carbocycles. The molecule has 63 heavy (non-hydrogen) atoms. The average Bonchev–Trinajstić information content (AvgIpc) is 3.89. The van der Waals surface area contributed by atoms with E-state index in [9.17, 15) is 0 Å². The quantitative estimate of drug-likeness (QED) is 0.107. The maximum Gasteiger partial charge on any atom is 0.182 e. The fourth-order valence-electron chi connectivity index (χ4n) is 10.4. The maximum atomic E-state index is 2.63. The van der Waals surface area contributed by atoms with Gasteiger partial charge in [-0.25, -0.2) is 0 Å². The summed E-state index contributed by atoms with van der Waals surface area (Å²) in [6, 6.07) is 94.5. The van der Waals surface area contributed by atoms with Crippen LogP contribution in [0.4, 0.5) is 0 Å². The minimum atomic E-state index is -3.15. The molecule has 0 aliphatic carbocycles. The molecule has 0 aliphatic heterocycles. The first kappa shape index (κ1) is 36.8. The number of aromatic nitrogens is 2. The molecular formula is C60H42N2Si. The lowest BCUT2D eigenvalue weighted by molar-refractivity contribution is 1.17. The highest BCUT2D eigenvalue weighted by atomic mass is 28.3. The van der Waals surface area contributed by atoms with Gasteiger partial charge in [-0.2, -0.15) is 0 Å². The predicted molar refractivity (Wildman–Crippen MR) is 270 cm³/mol. The van der Waals surface area contributed by atoms with E-state index in [0.29, 0.717) is 0 Å². The van der Waals surface area contributed by atoms with E-state index in [1.54, 1.807) is 0 Å². The van der Waals surface area contributed by atoms with Gasteiger partial charge in [-0.05, 0) is 79.4 Å². The van der Waals surface area contributed by atoms with Crippen molar-refractivity contribution >= 4 is 72.4 Å². The van der Waals surface area contributed by atoms with Crippen molar-refractivity contribution in [1.29, 1.82) is 0 Å². The van der Waals surface area contributed by atoms with E-state index in [1.807, 2.05) is 0 Å². The molecular weight excluding hydrogens is 777 g/mol. The Hall–Kier alpha value is -7.98. The van der Waals surface area contributed by atoms with Gasteiger partial charge in [0.05, 0.1) is 27.8 Å². The molecule has 2 aromatic heterocycles. The number of hydrogen-bond acceptors (Lipinski definition) is 0. The van der Waals surface area contributed by atoms with Crippen LogP contribution in [0.2, 0.25) is 0 Å². The average molecular weight is 819 g/mol. The lowest BCUT2D eigenvalue weighted by atomic mass is 10.0. The maximum absolute atomic E-state index is 3.15. The summed E-state index contributed by atoms with van der Waals surface area (Å²) in [5, 5.41) is 10.3. The first-order valence-electron chi connectivity index (χ1n) is 21.8. The molecule has 0 aliphatic rings. The third kappa shape index (κ3) is 5.78. The lowest BCUT2D eigenvalue weighted by Crippen LogP contribution is -2.75. The normalized spacial score (nSPS) is 11.8. The highest BCUT2D eigenvalue weighted by Crippen LogP contribution is 2.41. The molecule has 3 heteroatoms. The van der Waals surface area contributed by atoms with Crippen molar-refractivity contribution in [2.24, 2.45) is 0 Å². The number of hydrogen-bond donors (Lipinski definition) is 0. The number of rotatable bonds is 8. The van der Waals surface area contributed by atoms with Crippen molar-refractivity contribution in [1.82, 2.24) is 9.13 Å². The van der Waals surface area contributed by atoms with Gasteiger partial charge in [-0.1, -0.05) is 218 Å². The van der Waals surface area contributed by atoms with Gasteiger partial charge >= 0.3 is 0 Å². The smallest absolute Gasteiger partial charge is 0.182 e. The number of fused-ring (bicyclic) bond motifs is 6. The topological polar surface area (TPSA) is 9.86 Å². The fraction of sp³-hybridized carbons (Fsp3) is 0. The van der Waals surface area contributed by atoms with Gasteiger partial charge in [0, 0.05) is 27.2 Å². The Kier molecular flexibility index (Phi) is 8.87. The van der Waals surface area contributed by atoms with Crippen molar-refractivity contribution in [2.45, 2.75) is 0 Å². The van der Waals surface area contributed by atoms with E-state index in [-0.39, 0.29) is 0 Å². The van der Waals surface area contributed by atoms with Crippen LogP contribution in [-0.2, 0) is 0 Å². The molecule has 12 rings (SSSR count). The first-order chi connectivity index (χ1) is 31.3. The minimum Gasteiger partial charge on any atom is -0.309 e. The third-order valence-electron chi connectivity index (χ3n) is 13.1. The molecule has 0 fully saturated rings. The molecule has 0 radical (unpaired) electrons. The second-order valence-electron chi connectivity index (χ2n) is 16.4. The number of nitrogens with zero attached hydrogens (tertiary/aromatic N) is 2. The summed E-state index contributed by atoms with van der Waals surface area (Å²) in [6.07, 6.45) is 0. The summed E-state index contributed by atoms with van der Waals surface area (Å²) in [6.45, 7) is 0. The SMILES string of the molecule is c1ccc(-c2ccc(-n3c4ccccc4c4c(-n5c6ccccc6c6ccc(-c7ccccc7)c([Si](c7ccccc7)(c7ccccc7)c7ccccc7)c65)cccc43)cc2)cc1. The van der Waals surface area contributed by atoms with Crippen LogP contribution in [0.25, 0.3) is 77.2 Å². The van der Waals surface area contributed by atoms with E-state index >= 15 is 0 Å². The standard InChI is InChI=1S/C60H42N2Si/c1-6-21-43(22-7-1)44-37-39-46(40-38-44)61-55-34-19-17-32-53(55)58-56(61)35-20-36-57(58)62-54-33-18-16-31-51(54)52-42-41-50(45-23-8-2-9-24-45)60(59(52)62)63(47-25-10-3-11-26-47,48-27-12-4-13-28-48)49-29-14-5-15-30-49/h1-42H. The first-order valence-corrected chi connectivity index (χ1v) is 23.8. The largest absolute Gasteiger partial charge is 0.309 e. The van der Waals surface area contributed by atoms with Crippen LogP contribution in [0.1, 0.15) is 0 Å². The molecule has 0 N–H and O–H groups in total. The van der Waals surface area contributed by atoms with Crippen molar-refractivity contribution in [3.05, 3.63) is 255 Å². The Balaban J connectivity index is 1.26. The second kappa shape index (κ2) is 15.2. The highest BCUT2D eigenvalue weighted by molar-refractivity contribution is 7.21. The van der Waals surface area contributed by atoms with Gasteiger partial charge in [0.15, 0.2) is 8.07 Å². The molecule has 0 unspecified atom stereocenters. The lowest BCUT2D eigenvalue weighted by Gasteiger charge is -2.37. The van der Waals surface area contributed by atoms with Crippen LogP contribution in [0.5, 0.6) is 0 Å². The summed E-state index contributed by atoms with van der Waals surface area (Å²) < 4.78 is 5.07. The van der Waals surface area contributed by atoms with Crippen LogP contribution in [0.3, 0.4) is 0 Å². The molecule has 0 atom stereocenters. The summed E-state index contributed by atoms with van der Waals surface area (Å²) in [4.78, 5) is 0. The molecule has 0 saturated heterocycles. The molecule has 2 nitrogen and oxygen atoms in total. The van der Waals surface area contributed by atoms with Gasteiger partial charge in [0.2, 0.25) is 0 Å². The van der Waals surface area contributed by atoms with Crippen LogP contribution in [0.15, 0.2) is 255 Å². The minimum absolute atomic E-state index is 1.14. The van der Waals surface area contributed by atoms with Gasteiger partial charge < -0.3 is 9.13 Å².